The first-order valence-corrected chi connectivity index (χ1v) is 35.0. The Morgan fingerprint density at radius 2 is 0.606 bits per heavy atom. The van der Waals surface area contributed by atoms with Gasteiger partial charge in [-0.2, -0.15) is 0 Å². The van der Waals surface area contributed by atoms with Gasteiger partial charge < -0.3 is 28.9 Å². The number of amides is 3. The van der Waals surface area contributed by atoms with Crippen molar-refractivity contribution in [2.45, 2.75) is 158 Å². The molecule has 9 fully saturated rings. The molecule has 524 valence electrons. The molecule has 15 nitrogen and oxygen atoms in total. The number of benzene rings is 3. The molecule has 12 rings (SSSR count). The van der Waals surface area contributed by atoms with E-state index in [4.69, 9.17) is 83.8 Å². The number of likely N-dealkylation sites (tertiary alicyclic amines) is 3. The Morgan fingerprint density at radius 3 is 0.830 bits per heavy atom. The van der Waals surface area contributed by atoms with Gasteiger partial charge >= 0.3 is 0 Å². The quantitative estimate of drug-likeness (QED) is 0.135. The smallest absolute Gasteiger partial charge is 0.257 e. The first-order valence-electron chi connectivity index (χ1n) is 32.7. The summed E-state index contributed by atoms with van der Waals surface area (Å²) in [6.45, 7) is 12.8. The molecule has 0 saturated carbocycles. The predicted octanol–water partition coefficient (Wildman–Crippen LogP) is 11.3. The molecule has 9 atom stereocenters. The van der Waals surface area contributed by atoms with Crippen LogP contribution in [0.2, 0.25) is 30.1 Å². The summed E-state index contributed by atoms with van der Waals surface area (Å²) < 4.78 is 101. The van der Waals surface area contributed by atoms with E-state index in [1.165, 1.54) is 0 Å². The molecule has 9 aliphatic rings. The first-order chi connectivity index (χ1) is 44.2. The predicted molar refractivity (Wildman–Crippen MR) is 358 cm³/mol. The van der Waals surface area contributed by atoms with Crippen LogP contribution < -0.4 is 0 Å². The van der Waals surface area contributed by atoms with E-state index in [-0.39, 0.29) is 118 Å². The Morgan fingerprint density at radius 1 is 0.372 bits per heavy atom. The molecule has 9 aliphatic heterocycles. The number of fused-ring (bicyclic) bond motifs is 3. The average Bonchev–Trinajstić information content (AvgIpc) is 0.868. The second kappa shape index (κ2) is 33.0. The van der Waals surface area contributed by atoms with Gasteiger partial charge in [-0.3, -0.25) is 43.8 Å². The normalized spacial score (nSPS) is 27.7. The van der Waals surface area contributed by atoms with Gasteiger partial charge in [-0.1, -0.05) is 95.2 Å². The van der Waals surface area contributed by atoms with Crippen LogP contribution in [-0.2, 0) is 47.9 Å². The van der Waals surface area contributed by atoms with Gasteiger partial charge in [0, 0.05) is 60.0 Å². The number of hydrogen-bond acceptors (Lipinski definition) is 12. The average molecular weight is 1450 g/mol. The Bertz CT molecular complexity index is 2720. The third-order valence-electron chi connectivity index (χ3n) is 19.7. The Kier molecular flexibility index (Phi) is 26.4. The van der Waals surface area contributed by atoms with Crippen LogP contribution in [0, 0.1) is 0 Å². The lowest BCUT2D eigenvalue weighted by molar-refractivity contribution is -0.158. The fourth-order valence-corrected chi connectivity index (χ4v) is 16.6. The van der Waals surface area contributed by atoms with Crippen molar-refractivity contribution < 1.29 is 54.9 Å². The van der Waals surface area contributed by atoms with Gasteiger partial charge in [0.15, 0.2) is 0 Å². The topological polar surface area (TPSA) is 108 Å². The molecule has 94 heavy (non-hydrogen) atoms. The summed E-state index contributed by atoms with van der Waals surface area (Å²) in [5.41, 5.74) is 2.38. The Hall–Kier alpha value is -2.97. The van der Waals surface area contributed by atoms with Crippen molar-refractivity contribution in [3.8, 4) is 0 Å². The molecule has 9 heterocycles. The van der Waals surface area contributed by atoms with E-state index >= 15 is 0 Å². The van der Waals surface area contributed by atoms with Crippen LogP contribution in [0.4, 0.5) is 26.3 Å². The zero-order valence-electron chi connectivity index (χ0n) is 53.1. The molecule has 3 aromatic rings. The van der Waals surface area contributed by atoms with Crippen molar-refractivity contribution in [1.29, 1.82) is 0 Å². The van der Waals surface area contributed by atoms with E-state index in [0.717, 1.165) is 115 Å². The van der Waals surface area contributed by atoms with Crippen molar-refractivity contribution in [3.63, 3.8) is 0 Å². The SMILES string of the molecule is C.CC(F)(F)CN1CCN(C(=O)Cc2ccc(Cl)c(Cl)c2)[C@H]2[C@H](N3CCCC3)COC[C@@H]21.CC(F)(F)CN1CCN(C(=O)Cc2ccc(Cl)c(Cl)c2)[C@H]2[C@H]1COC[C@@H]2N1CCCC1.CC(F)(F)CN1CCN(C(=O)Cc2ccc(Cl)c(Cl)c2)[C@H]2[C@H]1COC[C@@H]2N1CCCC1. The van der Waals surface area contributed by atoms with Crippen molar-refractivity contribution >= 4 is 87.3 Å². The molecule has 0 aliphatic carbocycles. The maximum absolute atomic E-state index is 13.9. The van der Waals surface area contributed by atoms with Crippen molar-refractivity contribution in [2.75, 3.05) is 138 Å². The molecule has 0 spiro atoms. The maximum Gasteiger partial charge on any atom is 0.257 e. The molecule has 0 aromatic heterocycles. The summed E-state index contributed by atoms with van der Waals surface area (Å²) in [5.74, 6) is -8.42. The summed E-state index contributed by atoms with van der Waals surface area (Å²) in [6, 6.07) is 14.5. The summed E-state index contributed by atoms with van der Waals surface area (Å²) in [4.78, 5) is 58.4. The number of halogens is 12. The third kappa shape index (κ3) is 19.3. The molecular formula is C67H91Cl6F6N9O6. The van der Waals surface area contributed by atoms with Crippen molar-refractivity contribution in [3.05, 3.63) is 101 Å². The fourth-order valence-electron chi connectivity index (χ4n) is 15.6. The second-order valence-electron chi connectivity index (χ2n) is 26.9. The van der Waals surface area contributed by atoms with Crippen LogP contribution in [0.3, 0.4) is 0 Å². The minimum atomic E-state index is -2.79. The minimum absolute atomic E-state index is 0. The van der Waals surface area contributed by atoms with E-state index < -0.39 is 17.8 Å². The lowest BCUT2D eigenvalue weighted by Gasteiger charge is -2.54. The van der Waals surface area contributed by atoms with Gasteiger partial charge in [-0.25, -0.2) is 26.3 Å². The van der Waals surface area contributed by atoms with Crippen LogP contribution in [0.1, 0.15) is 83.4 Å². The van der Waals surface area contributed by atoms with Crippen LogP contribution in [0.25, 0.3) is 0 Å². The molecule has 0 bridgehead atoms. The third-order valence-corrected chi connectivity index (χ3v) is 21.9. The number of ether oxygens (including phenoxy) is 3. The summed E-state index contributed by atoms with van der Waals surface area (Å²) >= 11 is 36.4. The highest BCUT2D eigenvalue weighted by molar-refractivity contribution is 6.43. The van der Waals surface area contributed by atoms with Gasteiger partial charge in [0.25, 0.3) is 17.8 Å². The molecule has 9 saturated heterocycles. The number of carbonyl (C=O) groups excluding carboxylic acids is 3. The molecule has 27 heteroatoms. The van der Waals surface area contributed by atoms with Crippen LogP contribution in [-0.4, -0.2) is 272 Å². The highest BCUT2D eigenvalue weighted by Gasteiger charge is 2.53. The molecular weight excluding hydrogens is 1350 g/mol. The molecule has 0 N–H and O–H groups in total. The van der Waals surface area contributed by atoms with Gasteiger partial charge in [0.2, 0.25) is 17.7 Å². The van der Waals surface area contributed by atoms with Gasteiger partial charge in [-0.15, -0.1) is 0 Å². The number of alkyl halides is 6. The minimum Gasteiger partial charge on any atom is -0.378 e. The Balaban J connectivity index is 0.000000165. The van der Waals surface area contributed by atoms with E-state index in [9.17, 15) is 40.7 Å². The van der Waals surface area contributed by atoms with E-state index in [2.05, 4.69) is 14.7 Å². The molecule has 3 amide bonds. The monoisotopic (exact) mass is 1440 g/mol. The van der Waals surface area contributed by atoms with Crippen LogP contribution >= 0.6 is 69.6 Å². The van der Waals surface area contributed by atoms with E-state index in [0.29, 0.717) is 109 Å². The van der Waals surface area contributed by atoms with E-state index in [1.54, 1.807) is 54.6 Å². The fraction of sp³-hybridized carbons (Fsp3) is 0.687. The molecule has 3 aromatic carbocycles. The van der Waals surface area contributed by atoms with Crippen LogP contribution in [0.5, 0.6) is 0 Å². The number of rotatable bonds is 15. The summed E-state index contributed by atoms with van der Waals surface area (Å²) in [6.07, 6.45) is 7.30. The number of carbonyl (C=O) groups is 3. The zero-order chi connectivity index (χ0) is 66.5. The first kappa shape index (κ1) is 75.2. The largest absolute Gasteiger partial charge is 0.378 e. The summed E-state index contributed by atoms with van der Waals surface area (Å²) in [7, 11) is 0. The number of hydrogen-bond donors (Lipinski definition) is 0. The standard InChI is InChI=1S/3C22H29Cl2F2N3O2.CH4/c3*1-22(25,26)14-28-8-9-29(20(30)11-15-4-5-16(23)17(24)10-15)21-18(12-31-13-19(21)28)27-6-2-3-7-27;/h3*4-5,10,18-19,21H,2-3,6-9,11-14H2,1H3;1H4/t3*18-,19+,21+;/m100./s1. The van der Waals surface area contributed by atoms with Crippen LogP contribution in [0.15, 0.2) is 54.6 Å². The maximum atomic E-state index is 13.9. The van der Waals surface area contributed by atoms with E-state index in [1.807, 2.05) is 29.4 Å². The van der Waals surface area contributed by atoms with Gasteiger partial charge in [-0.05, 0) is 131 Å². The lowest BCUT2D eigenvalue weighted by Crippen LogP contribution is -2.72. The molecule has 0 radical (unpaired) electrons. The van der Waals surface area contributed by atoms with Gasteiger partial charge in [0.05, 0.1) is 163 Å². The van der Waals surface area contributed by atoms with Gasteiger partial charge in [0.1, 0.15) is 0 Å². The number of nitrogens with zero attached hydrogens (tertiary/aromatic N) is 9. The number of piperazine rings is 3. The highest BCUT2D eigenvalue weighted by atomic mass is 35.5. The Labute approximate surface area is 580 Å². The van der Waals surface area contributed by atoms with Crippen molar-refractivity contribution in [1.82, 2.24) is 44.1 Å². The second-order valence-corrected chi connectivity index (χ2v) is 29.3. The highest BCUT2D eigenvalue weighted by Crippen LogP contribution is 2.37. The summed E-state index contributed by atoms with van der Waals surface area (Å²) in [5, 5.41) is 2.60. The molecule has 0 unspecified atom stereocenters. The lowest BCUT2D eigenvalue weighted by atomic mass is 9.90. The van der Waals surface area contributed by atoms with Crippen molar-refractivity contribution in [2.24, 2.45) is 0 Å². The zero-order valence-corrected chi connectivity index (χ0v) is 57.7.